The van der Waals surface area contributed by atoms with E-state index in [0.29, 0.717) is 17.4 Å². The highest BCUT2D eigenvalue weighted by Crippen LogP contribution is 2.30. The van der Waals surface area contributed by atoms with Gasteiger partial charge in [0.25, 0.3) is 5.91 Å². The predicted molar refractivity (Wildman–Crippen MR) is 107 cm³/mol. The van der Waals surface area contributed by atoms with Crippen molar-refractivity contribution >= 4 is 5.91 Å². The van der Waals surface area contributed by atoms with Crippen molar-refractivity contribution in [1.29, 1.82) is 0 Å². The lowest BCUT2D eigenvalue weighted by Gasteiger charge is -2.21. The summed E-state index contributed by atoms with van der Waals surface area (Å²) in [6.45, 7) is 7.89. The number of nitrogens with one attached hydrogen (secondary N) is 1. The number of methoxy groups -OCH3 is 2. The topological polar surface area (TPSA) is 56.8 Å². The van der Waals surface area contributed by atoms with E-state index >= 15 is 0 Å². The maximum Gasteiger partial charge on any atom is 0.261 e. The van der Waals surface area contributed by atoms with Gasteiger partial charge in [0.1, 0.15) is 5.75 Å². The Labute approximate surface area is 161 Å². The van der Waals surface area contributed by atoms with Gasteiger partial charge in [0.2, 0.25) is 0 Å². The van der Waals surface area contributed by atoms with Crippen molar-refractivity contribution < 1.29 is 19.0 Å². The fourth-order valence-electron chi connectivity index (χ4n) is 2.85. The zero-order valence-electron chi connectivity index (χ0n) is 16.9. The Morgan fingerprint density at radius 1 is 0.889 bits per heavy atom. The van der Waals surface area contributed by atoms with E-state index in [-0.39, 0.29) is 11.9 Å². The van der Waals surface area contributed by atoms with Gasteiger partial charge >= 0.3 is 0 Å². The Balaban J connectivity index is 2.06. The molecule has 0 saturated heterocycles. The molecule has 0 spiro atoms. The number of carbonyl (C=O) groups excluding carboxylic acids is 1. The van der Waals surface area contributed by atoms with E-state index < -0.39 is 6.10 Å². The molecule has 0 aliphatic heterocycles. The molecule has 146 valence electrons. The summed E-state index contributed by atoms with van der Waals surface area (Å²) in [5.74, 6) is 2.18. The number of hydrogen-bond acceptors (Lipinski definition) is 4. The van der Waals surface area contributed by atoms with Crippen LogP contribution in [0.15, 0.2) is 42.5 Å². The van der Waals surface area contributed by atoms with E-state index in [1.807, 2.05) is 49.4 Å². The van der Waals surface area contributed by atoms with Gasteiger partial charge in [-0.2, -0.15) is 0 Å². The molecule has 0 saturated carbocycles. The van der Waals surface area contributed by atoms with Crippen molar-refractivity contribution in [1.82, 2.24) is 5.32 Å². The van der Waals surface area contributed by atoms with Gasteiger partial charge in [0.15, 0.2) is 17.6 Å². The van der Waals surface area contributed by atoms with Crippen LogP contribution in [0.3, 0.4) is 0 Å². The number of hydrogen-bond donors (Lipinski definition) is 1. The first-order chi connectivity index (χ1) is 12.9. The van der Waals surface area contributed by atoms with Crippen LogP contribution in [-0.2, 0) is 4.79 Å². The zero-order chi connectivity index (χ0) is 20.0. The van der Waals surface area contributed by atoms with Crippen LogP contribution in [0, 0.1) is 0 Å². The minimum absolute atomic E-state index is 0.171. The van der Waals surface area contributed by atoms with E-state index in [0.717, 1.165) is 16.9 Å². The molecule has 5 heteroatoms. The second-order valence-corrected chi connectivity index (χ2v) is 6.80. The van der Waals surface area contributed by atoms with Gasteiger partial charge in [0, 0.05) is 0 Å². The first-order valence-corrected chi connectivity index (χ1v) is 9.15. The smallest absolute Gasteiger partial charge is 0.261 e. The van der Waals surface area contributed by atoms with Crippen LogP contribution >= 0.6 is 0 Å². The van der Waals surface area contributed by atoms with E-state index in [1.54, 1.807) is 21.1 Å². The molecule has 0 aliphatic rings. The molecule has 27 heavy (non-hydrogen) atoms. The molecule has 0 aromatic heterocycles. The maximum atomic E-state index is 12.6. The lowest BCUT2D eigenvalue weighted by atomic mass is 10.0. The van der Waals surface area contributed by atoms with E-state index in [9.17, 15) is 4.79 Å². The van der Waals surface area contributed by atoms with Crippen molar-refractivity contribution in [2.75, 3.05) is 14.2 Å². The van der Waals surface area contributed by atoms with Crippen LogP contribution in [0.5, 0.6) is 17.2 Å². The second kappa shape index (κ2) is 9.31. The molecule has 2 atom stereocenters. The number of benzene rings is 2. The first-order valence-electron chi connectivity index (χ1n) is 9.15. The van der Waals surface area contributed by atoms with Crippen LogP contribution < -0.4 is 19.5 Å². The summed E-state index contributed by atoms with van der Waals surface area (Å²) in [6, 6.07) is 13.2. The van der Waals surface area contributed by atoms with Gasteiger partial charge < -0.3 is 19.5 Å². The van der Waals surface area contributed by atoms with Crippen LogP contribution in [0.4, 0.5) is 0 Å². The van der Waals surface area contributed by atoms with Crippen molar-refractivity contribution in [3.63, 3.8) is 0 Å². The van der Waals surface area contributed by atoms with Gasteiger partial charge in [-0.15, -0.1) is 0 Å². The number of amides is 1. The molecular formula is C22H29NO4. The summed E-state index contributed by atoms with van der Waals surface area (Å²) in [5.41, 5.74) is 2.01. The molecule has 2 aromatic carbocycles. The van der Waals surface area contributed by atoms with Crippen molar-refractivity contribution in [2.24, 2.45) is 0 Å². The van der Waals surface area contributed by atoms with Gasteiger partial charge in [-0.25, -0.2) is 0 Å². The third kappa shape index (κ3) is 5.16. The van der Waals surface area contributed by atoms with Gasteiger partial charge in [0.05, 0.1) is 20.3 Å². The van der Waals surface area contributed by atoms with Crippen LogP contribution in [0.25, 0.3) is 0 Å². The number of para-hydroxylation sites is 1. The fraction of sp³-hybridized carbons (Fsp3) is 0.409. The Hall–Kier alpha value is -2.69. The summed E-state index contributed by atoms with van der Waals surface area (Å²) < 4.78 is 16.5. The summed E-state index contributed by atoms with van der Waals surface area (Å²) in [4.78, 5) is 12.6. The van der Waals surface area contributed by atoms with Gasteiger partial charge in [-0.05, 0) is 49.1 Å². The molecular weight excluding hydrogens is 342 g/mol. The monoisotopic (exact) mass is 371 g/mol. The standard InChI is InChI=1S/C22H29NO4/c1-14(2)18-9-7-8-10-19(18)27-16(4)22(24)23-15(3)17-11-12-20(25-5)21(13-17)26-6/h7-16H,1-6H3,(H,23,24)/t15-,16+/m0/s1. The number of rotatable bonds is 8. The summed E-state index contributed by atoms with van der Waals surface area (Å²) in [6.07, 6.45) is -0.604. The minimum Gasteiger partial charge on any atom is -0.493 e. The third-order valence-corrected chi connectivity index (χ3v) is 4.48. The number of ether oxygens (including phenoxy) is 3. The van der Waals surface area contributed by atoms with Crippen LogP contribution in [-0.4, -0.2) is 26.2 Å². The molecule has 0 fully saturated rings. The molecule has 0 heterocycles. The number of carbonyl (C=O) groups is 1. The highest BCUT2D eigenvalue weighted by Gasteiger charge is 2.20. The summed E-state index contributed by atoms with van der Waals surface area (Å²) in [7, 11) is 3.18. The summed E-state index contributed by atoms with van der Waals surface area (Å²) in [5, 5.41) is 2.99. The Morgan fingerprint density at radius 3 is 2.19 bits per heavy atom. The van der Waals surface area contributed by atoms with Crippen molar-refractivity contribution in [2.45, 2.75) is 45.8 Å². The fourth-order valence-corrected chi connectivity index (χ4v) is 2.85. The van der Waals surface area contributed by atoms with Gasteiger partial charge in [-0.3, -0.25) is 4.79 Å². The van der Waals surface area contributed by atoms with Crippen LogP contribution in [0.2, 0.25) is 0 Å². The largest absolute Gasteiger partial charge is 0.493 e. The summed E-state index contributed by atoms with van der Waals surface area (Å²) >= 11 is 0. The first kappa shape index (κ1) is 20.6. The van der Waals surface area contributed by atoms with E-state index in [1.165, 1.54) is 0 Å². The maximum absolute atomic E-state index is 12.6. The lowest BCUT2D eigenvalue weighted by molar-refractivity contribution is -0.127. The van der Waals surface area contributed by atoms with E-state index in [2.05, 4.69) is 19.2 Å². The third-order valence-electron chi connectivity index (χ3n) is 4.48. The molecule has 2 aromatic rings. The molecule has 0 radical (unpaired) electrons. The highest BCUT2D eigenvalue weighted by molar-refractivity contribution is 5.81. The average molecular weight is 371 g/mol. The normalized spacial score (nSPS) is 13.0. The minimum atomic E-state index is -0.604. The Morgan fingerprint density at radius 2 is 1.56 bits per heavy atom. The molecule has 5 nitrogen and oxygen atoms in total. The molecule has 0 aliphatic carbocycles. The Bertz CT molecular complexity index is 773. The van der Waals surface area contributed by atoms with Crippen molar-refractivity contribution in [3.05, 3.63) is 53.6 Å². The van der Waals surface area contributed by atoms with E-state index in [4.69, 9.17) is 14.2 Å². The lowest BCUT2D eigenvalue weighted by Crippen LogP contribution is -2.37. The van der Waals surface area contributed by atoms with Crippen molar-refractivity contribution in [3.8, 4) is 17.2 Å². The molecule has 1 N–H and O–H groups in total. The Kier molecular flexibility index (Phi) is 7.11. The van der Waals surface area contributed by atoms with Gasteiger partial charge in [-0.1, -0.05) is 38.1 Å². The van der Waals surface area contributed by atoms with Crippen LogP contribution in [0.1, 0.15) is 50.8 Å². The zero-order valence-corrected chi connectivity index (χ0v) is 16.9. The average Bonchev–Trinajstić information content (AvgIpc) is 2.67. The SMILES string of the molecule is COc1ccc([C@H](C)NC(=O)[C@@H](C)Oc2ccccc2C(C)C)cc1OC. The highest BCUT2D eigenvalue weighted by atomic mass is 16.5. The second-order valence-electron chi connectivity index (χ2n) is 6.80. The predicted octanol–water partition coefficient (Wildman–Crippen LogP) is 4.47. The molecule has 0 bridgehead atoms. The molecule has 2 rings (SSSR count). The molecule has 0 unspecified atom stereocenters. The quantitative estimate of drug-likeness (QED) is 0.744. The molecule has 1 amide bonds.